The first-order chi connectivity index (χ1) is 8.83. The lowest BCUT2D eigenvalue weighted by molar-refractivity contribution is 0.311. The second-order valence-electron chi connectivity index (χ2n) is 4.94. The minimum atomic E-state index is 0.685. The van der Waals surface area contributed by atoms with Crippen molar-refractivity contribution in [1.29, 1.82) is 0 Å². The molecular formula is C15H24N2O. The zero-order valence-electron chi connectivity index (χ0n) is 11.3. The first-order valence-corrected chi connectivity index (χ1v) is 7.00. The number of rotatable bonds is 5. The van der Waals surface area contributed by atoms with Gasteiger partial charge in [-0.25, -0.2) is 0 Å². The Balaban J connectivity index is 2.08. The number of hydrogen-bond acceptors (Lipinski definition) is 3. The van der Waals surface area contributed by atoms with Crippen LogP contribution in [0.4, 0.5) is 5.69 Å². The quantitative estimate of drug-likeness (QED) is 0.814. The van der Waals surface area contributed by atoms with Gasteiger partial charge in [0.25, 0.3) is 0 Å². The molecule has 1 aliphatic rings. The van der Waals surface area contributed by atoms with E-state index in [0.29, 0.717) is 13.2 Å². The number of hydrogen-bond donors (Lipinski definition) is 1. The third-order valence-electron chi connectivity index (χ3n) is 3.56. The summed E-state index contributed by atoms with van der Waals surface area (Å²) in [4.78, 5) is 2.48. The van der Waals surface area contributed by atoms with Gasteiger partial charge < -0.3 is 15.4 Å². The minimum absolute atomic E-state index is 0.685. The van der Waals surface area contributed by atoms with Crippen molar-refractivity contribution in [2.45, 2.75) is 32.6 Å². The maximum Gasteiger partial charge on any atom is 0.124 e. The van der Waals surface area contributed by atoms with Gasteiger partial charge >= 0.3 is 0 Å². The smallest absolute Gasteiger partial charge is 0.124 e. The van der Waals surface area contributed by atoms with Crippen LogP contribution in [-0.2, 0) is 0 Å². The van der Waals surface area contributed by atoms with E-state index in [1.54, 1.807) is 0 Å². The molecule has 0 amide bonds. The fourth-order valence-electron chi connectivity index (χ4n) is 2.50. The molecule has 1 fully saturated rings. The highest BCUT2D eigenvalue weighted by molar-refractivity contribution is 5.58. The largest absolute Gasteiger partial charge is 0.493 e. The normalized spacial score (nSPS) is 15.8. The zero-order valence-corrected chi connectivity index (χ0v) is 11.3. The third-order valence-corrected chi connectivity index (χ3v) is 3.56. The Morgan fingerprint density at radius 3 is 2.72 bits per heavy atom. The van der Waals surface area contributed by atoms with E-state index in [9.17, 15) is 0 Å². The van der Waals surface area contributed by atoms with Gasteiger partial charge in [-0.2, -0.15) is 0 Å². The van der Waals surface area contributed by atoms with Gasteiger partial charge in [-0.3, -0.25) is 0 Å². The molecule has 1 heterocycles. The molecule has 1 aliphatic heterocycles. The summed E-state index contributed by atoms with van der Waals surface area (Å²) in [6.07, 6.45) is 4.88. The topological polar surface area (TPSA) is 38.5 Å². The van der Waals surface area contributed by atoms with Crippen LogP contribution in [0.1, 0.15) is 31.2 Å². The van der Waals surface area contributed by atoms with Gasteiger partial charge in [0.15, 0.2) is 0 Å². The minimum Gasteiger partial charge on any atom is -0.493 e. The molecule has 0 atom stereocenters. The number of anilines is 1. The van der Waals surface area contributed by atoms with Crippen LogP contribution in [0.5, 0.6) is 5.75 Å². The van der Waals surface area contributed by atoms with Crippen molar-refractivity contribution in [2.24, 2.45) is 5.73 Å². The molecule has 0 aromatic heterocycles. The molecule has 0 spiro atoms. The number of piperidine rings is 1. The van der Waals surface area contributed by atoms with Gasteiger partial charge in [0, 0.05) is 24.3 Å². The molecule has 0 unspecified atom stereocenters. The van der Waals surface area contributed by atoms with Crippen LogP contribution in [0.25, 0.3) is 0 Å². The van der Waals surface area contributed by atoms with Gasteiger partial charge in [0.1, 0.15) is 5.75 Å². The van der Waals surface area contributed by atoms with Crippen LogP contribution < -0.4 is 15.4 Å². The summed E-state index contributed by atoms with van der Waals surface area (Å²) in [6, 6.07) is 6.35. The van der Waals surface area contributed by atoms with Crippen LogP contribution in [0.15, 0.2) is 18.2 Å². The highest BCUT2D eigenvalue weighted by atomic mass is 16.5. The van der Waals surface area contributed by atoms with Gasteiger partial charge in [-0.1, -0.05) is 6.07 Å². The molecule has 1 saturated heterocycles. The van der Waals surface area contributed by atoms with Gasteiger partial charge in [-0.15, -0.1) is 0 Å². The molecule has 1 aromatic carbocycles. The Morgan fingerprint density at radius 1 is 1.22 bits per heavy atom. The summed E-state index contributed by atoms with van der Waals surface area (Å²) < 4.78 is 5.80. The van der Waals surface area contributed by atoms with Crippen LogP contribution in [-0.4, -0.2) is 26.2 Å². The van der Waals surface area contributed by atoms with E-state index in [0.717, 1.165) is 12.2 Å². The molecule has 1 aromatic rings. The molecule has 0 aliphatic carbocycles. The maximum absolute atomic E-state index is 5.80. The fourth-order valence-corrected chi connectivity index (χ4v) is 2.50. The zero-order chi connectivity index (χ0) is 12.8. The Hall–Kier alpha value is -1.22. The van der Waals surface area contributed by atoms with Crippen molar-refractivity contribution in [2.75, 3.05) is 31.1 Å². The first-order valence-electron chi connectivity index (χ1n) is 7.00. The van der Waals surface area contributed by atoms with Crippen LogP contribution in [0, 0.1) is 6.92 Å². The van der Waals surface area contributed by atoms with Gasteiger partial charge in [-0.05, 0) is 51.3 Å². The first kappa shape index (κ1) is 13.2. The van der Waals surface area contributed by atoms with Crippen LogP contribution >= 0.6 is 0 Å². The lowest BCUT2D eigenvalue weighted by Gasteiger charge is -2.30. The molecule has 3 heteroatoms. The summed E-state index contributed by atoms with van der Waals surface area (Å²) in [7, 11) is 0. The number of nitrogens with two attached hydrogens (primary N) is 1. The van der Waals surface area contributed by atoms with Crippen LogP contribution in [0.3, 0.4) is 0 Å². The number of benzene rings is 1. The lowest BCUT2D eigenvalue weighted by Crippen LogP contribution is -2.30. The SMILES string of the molecule is Cc1c(OCCCN)cccc1N1CCCCC1. The molecule has 3 nitrogen and oxygen atoms in total. The standard InChI is InChI=1S/C15H24N2O/c1-13-14(17-10-3-2-4-11-17)7-5-8-15(13)18-12-6-9-16/h5,7-8H,2-4,6,9-12,16H2,1H3. The fraction of sp³-hybridized carbons (Fsp3) is 0.600. The van der Waals surface area contributed by atoms with Crippen molar-refractivity contribution < 1.29 is 4.74 Å². The number of nitrogens with zero attached hydrogens (tertiary/aromatic N) is 1. The summed E-state index contributed by atoms with van der Waals surface area (Å²) >= 11 is 0. The summed E-state index contributed by atoms with van der Waals surface area (Å²) in [5.41, 5.74) is 8.08. The predicted octanol–water partition coefficient (Wildman–Crippen LogP) is 2.71. The van der Waals surface area contributed by atoms with E-state index < -0.39 is 0 Å². The highest BCUT2D eigenvalue weighted by Gasteiger charge is 2.14. The van der Waals surface area contributed by atoms with E-state index in [2.05, 4.69) is 30.0 Å². The second kappa shape index (κ2) is 6.64. The Morgan fingerprint density at radius 2 is 2.00 bits per heavy atom. The molecule has 100 valence electrons. The van der Waals surface area contributed by atoms with E-state index in [1.165, 1.54) is 43.6 Å². The Bertz CT molecular complexity index is 373. The van der Waals surface area contributed by atoms with Crippen molar-refractivity contribution in [3.05, 3.63) is 23.8 Å². The lowest BCUT2D eigenvalue weighted by atomic mass is 10.1. The van der Waals surface area contributed by atoms with Crippen molar-refractivity contribution in [1.82, 2.24) is 0 Å². The summed E-state index contributed by atoms with van der Waals surface area (Å²) in [6.45, 7) is 5.90. The van der Waals surface area contributed by atoms with Crippen molar-refractivity contribution in [3.63, 3.8) is 0 Å². The van der Waals surface area contributed by atoms with E-state index >= 15 is 0 Å². The summed E-state index contributed by atoms with van der Waals surface area (Å²) in [5, 5.41) is 0. The summed E-state index contributed by atoms with van der Waals surface area (Å²) in [5.74, 6) is 1.01. The van der Waals surface area contributed by atoms with Gasteiger partial charge in [0.05, 0.1) is 6.61 Å². The second-order valence-corrected chi connectivity index (χ2v) is 4.94. The molecule has 18 heavy (non-hydrogen) atoms. The number of ether oxygens (including phenoxy) is 1. The molecule has 2 N–H and O–H groups in total. The van der Waals surface area contributed by atoms with Crippen LogP contribution in [0.2, 0.25) is 0 Å². The molecule has 0 saturated carbocycles. The Labute approximate surface area is 110 Å². The Kier molecular flexibility index (Phi) is 4.88. The average Bonchev–Trinajstić information content (AvgIpc) is 2.42. The monoisotopic (exact) mass is 248 g/mol. The van der Waals surface area contributed by atoms with Crippen molar-refractivity contribution in [3.8, 4) is 5.75 Å². The average molecular weight is 248 g/mol. The van der Waals surface area contributed by atoms with E-state index in [1.807, 2.05) is 0 Å². The highest BCUT2D eigenvalue weighted by Crippen LogP contribution is 2.30. The van der Waals surface area contributed by atoms with E-state index in [4.69, 9.17) is 10.5 Å². The molecule has 0 bridgehead atoms. The maximum atomic E-state index is 5.80. The molecular weight excluding hydrogens is 224 g/mol. The van der Waals surface area contributed by atoms with Gasteiger partial charge in [0.2, 0.25) is 0 Å². The molecule has 2 rings (SSSR count). The van der Waals surface area contributed by atoms with Crippen molar-refractivity contribution >= 4 is 5.69 Å². The molecule has 0 radical (unpaired) electrons. The predicted molar refractivity (Wildman–Crippen MR) is 76.4 cm³/mol. The van der Waals surface area contributed by atoms with E-state index in [-0.39, 0.29) is 0 Å². The third kappa shape index (κ3) is 3.16.